The van der Waals surface area contributed by atoms with E-state index >= 15 is 0 Å². The van der Waals surface area contributed by atoms with E-state index in [9.17, 15) is 27.2 Å². The number of benzene rings is 3. The van der Waals surface area contributed by atoms with Gasteiger partial charge in [0.05, 0.1) is 16.3 Å². The maximum atomic E-state index is 13.8. The molecule has 1 heterocycles. The number of hydrogen-bond acceptors (Lipinski definition) is 4. The maximum absolute atomic E-state index is 13.8. The fourth-order valence-electron chi connectivity index (χ4n) is 4.13. The number of alkyl halides is 4. The first-order chi connectivity index (χ1) is 19.5. The summed E-state index contributed by atoms with van der Waals surface area (Å²) in [7, 11) is 0. The van der Waals surface area contributed by atoms with Gasteiger partial charge in [-0.15, -0.1) is 0 Å². The fourth-order valence-corrected chi connectivity index (χ4v) is 4.24. The summed E-state index contributed by atoms with van der Waals surface area (Å²) in [5, 5.41) is 14.9. The van der Waals surface area contributed by atoms with E-state index in [1.807, 2.05) is 0 Å². The smallest absolute Gasteiger partial charge is 0.461 e. The lowest BCUT2D eigenvalue weighted by Crippen LogP contribution is -2.50. The molecular formula is C29H22ClF4N3O4. The number of aromatic nitrogens is 1. The van der Waals surface area contributed by atoms with E-state index < -0.39 is 35.8 Å². The second-order valence-corrected chi connectivity index (χ2v) is 9.32. The second-order valence-electron chi connectivity index (χ2n) is 8.88. The molecule has 0 aliphatic carbocycles. The van der Waals surface area contributed by atoms with Crippen LogP contribution in [0.15, 0.2) is 97.2 Å². The van der Waals surface area contributed by atoms with Crippen LogP contribution in [-0.2, 0) is 12.0 Å². The number of halogens is 5. The molecular weight excluding hydrogens is 566 g/mol. The lowest BCUT2D eigenvalue weighted by Gasteiger charge is -2.35. The maximum Gasteiger partial charge on any atom is 0.461 e. The Hall–Kier alpha value is -4.64. The summed E-state index contributed by atoms with van der Waals surface area (Å²) < 4.78 is 57.7. The first-order valence-electron chi connectivity index (χ1n) is 12.0. The first kappa shape index (κ1) is 29.3. The van der Waals surface area contributed by atoms with Crippen molar-refractivity contribution in [3.05, 3.63) is 125 Å². The molecule has 1 aromatic heterocycles. The van der Waals surface area contributed by atoms with Gasteiger partial charge < -0.3 is 20.5 Å². The van der Waals surface area contributed by atoms with Crippen LogP contribution in [0.1, 0.15) is 27.2 Å². The summed E-state index contributed by atoms with van der Waals surface area (Å²) >= 11 is 6.07. The van der Waals surface area contributed by atoms with Crippen molar-refractivity contribution >= 4 is 29.3 Å². The number of rotatable bonds is 10. The van der Waals surface area contributed by atoms with E-state index in [0.29, 0.717) is 10.6 Å². The standard InChI is InChI=1S/C29H22ClF4N3O4/c30-21-11-14-24(35-17-21)28(16-18-5-2-1-3-6-18,20-7-4-8-23(15-20)41-29(33,34)26(31)32)37-27(40)36-22-12-9-19(10-13-22)25(38)39/h1-15,17,26H,16H2,(H,38,39)(H2,36,37,40). The van der Waals surface area contributed by atoms with Crippen LogP contribution in [0.25, 0.3) is 0 Å². The normalized spacial score (nSPS) is 12.8. The predicted molar refractivity (Wildman–Crippen MR) is 144 cm³/mol. The highest BCUT2D eigenvalue weighted by atomic mass is 35.5. The molecule has 2 amide bonds. The molecule has 7 nitrogen and oxygen atoms in total. The predicted octanol–water partition coefficient (Wildman–Crippen LogP) is 6.98. The van der Waals surface area contributed by atoms with Gasteiger partial charge in [0.2, 0.25) is 0 Å². The number of ether oxygens (including phenoxy) is 1. The Morgan fingerprint density at radius 1 is 0.951 bits per heavy atom. The number of pyridine rings is 1. The Bertz CT molecular complexity index is 1510. The highest BCUT2D eigenvalue weighted by molar-refractivity contribution is 6.30. The number of hydrogen-bond donors (Lipinski definition) is 3. The van der Waals surface area contributed by atoms with Gasteiger partial charge >= 0.3 is 24.5 Å². The van der Waals surface area contributed by atoms with E-state index in [1.165, 1.54) is 54.7 Å². The van der Waals surface area contributed by atoms with Gasteiger partial charge in [0.1, 0.15) is 11.3 Å². The number of nitrogens with zero attached hydrogens (tertiary/aromatic N) is 1. The fraction of sp³-hybridized carbons (Fsp3) is 0.138. The van der Waals surface area contributed by atoms with E-state index in [-0.39, 0.29) is 28.9 Å². The summed E-state index contributed by atoms with van der Waals surface area (Å²) in [6.07, 6.45) is -7.45. The lowest BCUT2D eigenvalue weighted by atomic mass is 9.80. The van der Waals surface area contributed by atoms with E-state index in [1.54, 1.807) is 30.3 Å². The van der Waals surface area contributed by atoms with Crippen LogP contribution in [0.2, 0.25) is 5.02 Å². The quantitative estimate of drug-likeness (QED) is 0.174. The Morgan fingerprint density at radius 3 is 2.27 bits per heavy atom. The number of amides is 2. The average Bonchev–Trinajstić information content (AvgIpc) is 2.93. The van der Waals surface area contributed by atoms with Gasteiger partial charge in [-0.3, -0.25) is 4.98 Å². The molecule has 3 aromatic carbocycles. The Kier molecular flexibility index (Phi) is 8.77. The second kappa shape index (κ2) is 12.3. The van der Waals surface area contributed by atoms with Crippen LogP contribution in [0, 0.1) is 0 Å². The van der Waals surface area contributed by atoms with Gasteiger partial charge in [0.15, 0.2) is 0 Å². The summed E-state index contributed by atoms with van der Waals surface area (Å²) in [6.45, 7) is 0. The molecule has 0 saturated carbocycles. The zero-order valence-corrected chi connectivity index (χ0v) is 21.8. The summed E-state index contributed by atoms with van der Waals surface area (Å²) in [5.41, 5.74) is -0.137. The lowest BCUT2D eigenvalue weighted by molar-refractivity contribution is -0.253. The summed E-state index contributed by atoms with van der Waals surface area (Å²) in [5.74, 6) is -1.71. The van der Waals surface area contributed by atoms with E-state index in [0.717, 1.165) is 12.1 Å². The van der Waals surface area contributed by atoms with Crippen molar-refractivity contribution in [2.24, 2.45) is 0 Å². The van der Waals surface area contributed by atoms with Crippen molar-refractivity contribution in [1.29, 1.82) is 0 Å². The molecule has 0 aliphatic rings. The highest BCUT2D eigenvalue weighted by Crippen LogP contribution is 2.36. The molecule has 0 fully saturated rings. The van der Waals surface area contributed by atoms with Gasteiger partial charge in [-0.2, -0.15) is 17.6 Å². The van der Waals surface area contributed by atoms with E-state index in [4.69, 9.17) is 16.7 Å². The third kappa shape index (κ3) is 7.12. The molecule has 0 bridgehead atoms. The Morgan fingerprint density at radius 2 is 1.66 bits per heavy atom. The number of carboxylic acids is 1. The van der Waals surface area contributed by atoms with Crippen LogP contribution in [0.5, 0.6) is 5.75 Å². The van der Waals surface area contributed by atoms with Crippen LogP contribution in [-0.4, -0.2) is 34.6 Å². The number of carbonyl (C=O) groups is 2. The number of carboxylic acid groups (broad SMARTS) is 1. The van der Waals surface area contributed by atoms with E-state index in [2.05, 4.69) is 20.4 Å². The van der Waals surface area contributed by atoms with Crippen molar-refractivity contribution in [3.63, 3.8) is 0 Å². The monoisotopic (exact) mass is 587 g/mol. The van der Waals surface area contributed by atoms with Crippen LogP contribution >= 0.6 is 11.6 Å². The molecule has 12 heteroatoms. The van der Waals surface area contributed by atoms with Gasteiger partial charge in [-0.25, -0.2) is 9.59 Å². The zero-order valence-electron chi connectivity index (χ0n) is 21.0. The van der Waals surface area contributed by atoms with Crippen LogP contribution in [0.4, 0.5) is 28.0 Å². The van der Waals surface area contributed by atoms with Gasteiger partial charge in [-0.1, -0.05) is 54.1 Å². The first-order valence-corrected chi connectivity index (χ1v) is 12.4. The molecule has 0 spiro atoms. The number of carbonyl (C=O) groups excluding carboxylic acids is 1. The molecule has 4 rings (SSSR count). The van der Waals surface area contributed by atoms with Crippen molar-refractivity contribution < 1.29 is 37.0 Å². The third-order valence-electron chi connectivity index (χ3n) is 6.03. The number of aromatic carboxylic acids is 1. The minimum Gasteiger partial charge on any atom is -0.478 e. The van der Waals surface area contributed by atoms with Crippen molar-refractivity contribution in [1.82, 2.24) is 10.3 Å². The topological polar surface area (TPSA) is 101 Å². The highest BCUT2D eigenvalue weighted by Gasteiger charge is 2.44. The van der Waals surface area contributed by atoms with Crippen molar-refractivity contribution in [2.45, 2.75) is 24.5 Å². The Balaban J connectivity index is 1.81. The minimum absolute atomic E-state index is 0.0113. The molecule has 0 aliphatic heterocycles. The Labute approximate surface area is 236 Å². The molecule has 1 unspecified atom stereocenters. The number of urea groups is 1. The third-order valence-corrected chi connectivity index (χ3v) is 6.25. The minimum atomic E-state index is -4.76. The number of nitrogens with one attached hydrogen (secondary N) is 2. The van der Waals surface area contributed by atoms with Gasteiger partial charge in [0, 0.05) is 18.3 Å². The number of anilines is 1. The summed E-state index contributed by atoms with van der Waals surface area (Å²) in [4.78, 5) is 29.0. The van der Waals surface area contributed by atoms with Crippen LogP contribution in [0.3, 0.4) is 0 Å². The van der Waals surface area contributed by atoms with Crippen molar-refractivity contribution in [3.8, 4) is 5.75 Å². The molecule has 0 saturated heterocycles. The molecule has 1 atom stereocenters. The molecule has 3 N–H and O–H groups in total. The van der Waals surface area contributed by atoms with Gasteiger partial charge in [0.25, 0.3) is 0 Å². The zero-order chi connectivity index (χ0) is 29.6. The molecule has 41 heavy (non-hydrogen) atoms. The molecule has 4 aromatic rings. The van der Waals surface area contributed by atoms with Crippen LogP contribution < -0.4 is 15.4 Å². The average molecular weight is 588 g/mol. The molecule has 0 radical (unpaired) electrons. The largest absolute Gasteiger partial charge is 0.478 e. The van der Waals surface area contributed by atoms with Crippen molar-refractivity contribution in [2.75, 3.05) is 5.32 Å². The van der Waals surface area contributed by atoms with Gasteiger partial charge in [-0.05, 0) is 59.7 Å². The SMILES string of the molecule is O=C(Nc1ccc(C(=O)O)cc1)NC(Cc1ccccc1)(c1cccc(OC(F)(F)C(F)F)c1)c1ccc(Cl)cn1. The summed E-state index contributed by atoms with van der Waals surface area (Å²) in [6, 6.07) is 21.6. The molecule has 212 valence electrons.